The Hall–Kier alpha value is -4.65. The number of alkyl halides is 9. The van der Waals surface area contributed by atoms with Crippen LogP contribution < -0.4 is 4.90 Å². The third-order valence-electron chi connectivity index (χ3n) is 9.01. The molecule has 4 aromatic rings. The number of nitriles is 1. The summed E-state index contributed by atoms with van der Waals surface area (Å²) in [5.41, 5.74) is -3.72. The van der Waals surface area contributed by atoms with Gasteiger partial charge in [0.15, 0.2) is 0 Å². The Morgan fingerprint density at radius 2 is 1.42 bits per heavy atom. The van der Waals surface area contributed by atoms with E-state index in [0.717, 1.165) is 22.5 Å². The van der Waals surface area contributed by atoms with Crippen LogP contribution in [0, 0.1) is 11.3 Å². The van der Waals surface area contributed by atoms with Gasteiger partial charge in [-0.15, -0.1) is 5.10 Å². The van der Waals surface area contributed by atoms with Crippen molar-refractivity contribution in [2.24, 2.45) is 7.05 Å². The van der Waals surface area contributed by atoms with E-state index < -0.39 is 65.3 Å². The third-order valence-corrected chi connectivity index (χ3v) is 9.01. The van der Waals surface area contributed by atoms with Crippen molar-refractivity contribution in [3.8, 4) is 6.07 Å². The second kappa shape index (κ2) is 13.9. The average molecular weight is 710 g/mol. The number of nitrogens with zero attached hydrogens (tertiary/aromatic N) is 7. The maximum absolute atomic E-state index is 14.0. The Morgan fingerprint density at radius 3 is 1.92 bits per heavy atom. The van der Waals surface area contributed by atoms with Gasteiger partial charge in [0.25, 0.3) is 5.95 Å². The van der Waals surface area contributed by atoms with Crippen LogP contribution in [-0.4, -0.2) is 38.2 Å². The lowest BCUT2D eigenvalue weighted by Crippen LogP contribution is -2.43. The van der Waals surface area contributed by atoms with E-state index in [0.29, 0.717) is 50.0 Å². The fourth-order valence-corrected chi connectivity index (χ4v) is 6.49. The number of rotatable bonds is 9. The van der Waals surface area contributed by atoms with Crippen LogP contribution in [0.4, 0.5) is 45.5 Å². The highest BCUT2D eigenvalue weighted by Gasteiger charge is 2.40. The number of tetrazole rings is 1. The predicted octanol–water partition coefficient (Wildman–Crippen LogP) is 8.48. The normalized spacial score (nSPS) is 16.2. The Labute approximate surface area is 281 Å². The molecule has 7 nitrogen and oxygen atoms in total. The van der Waals surface area contributed by atoms with E-state index in [2.05, 4.69) is 26.4 Å². The number of aryl methyl sites for hydroxylation is 1. The highest BCUT2D eigenvalue weighted by atomic mass is 19.4. The van der Waals surface area contributed by atoms with Crippen molar-refractivity contribution < 1.29 is 39.5 Å². The fourth-order valence-electron chi connectivity index (χ4n) is 6.49. The minimum atomic E-state index is -5.10. The van der Waals surface area contributed by atoms with E-state index in [1.807, 2.05) is 37.3 Å². The number of likely N-dealkylation sites (tertiary alicyclic amines) is 1. The van der Waals surface area contributed by atoms with Crippen molar-refractivity contribution in [1.82, 2.24) is 25.1 Å². The Morgan fingerprint density at radius 1 is 0.820 bits per heavy atom. The number of piperidine rings is 1. The van der Waals surface area contributed by atoms with Gasteiger partial charge in [0.2, 0.25) is 0 Å². The first-order valence-electron chi connectivity index (χ1n) is 15.6. The molecule has 1 fully saturated rings. The molecule has 1 aliphatic heterocycles. The Bertz CT molecular complexity index is 1790. The van der Waals surface area contributed by atoms with Crippen molar-refractivity contribution in [3.05, 3.63) is 106 Å². The summed E-state index contributed by atoms with van der Waals surface area (Å²) in [6.45, 7) is 1.73. The minimum absolute atomic E-state index is 0.00255. The molecule has 0 aliphatic carbocycles. The van der Waals surface area contributed by atoms with E-state index in [-0.39, 0.29) is 17.6 Å². The summed E-state index contributed by atoms with van der Waals surface area (Å²) in [4.78, 5) is 4.29. The maximum Gasteiger partial charge on any atom is 0.416 e. The Balaban J connectivity index is 1.54. The minimum Gasteiger partial charge on any atom is -0.330 e. The molecule has 0 N–H and O–H groups in total. The number of halogens is 9. The molecule has 1 saturated heterocycles. The maximum atomic E-state index is 14.0. The molecule has 1 atom stereocenters. The first-order chi connectivity index (χ1) is 23.4. The van der Waals surface area contributed by atoms with Gasteiger partial charge in [-0.1, -0.05) is 48.4 Å². The smallest absolute Gasteiger partial charge is 0.330 e. The molecule has 0 bridgehead atoms. The lowest BCUT2D eigenvalue weighted by Gasteiger charge is -2.42. The average Bonchev–Trinajstić information content (AvgIpc) is 3.51. The van der Waals surface area contributed by atoms with E-state index in [4.69, 9.17) is 0 Å². The largest absolute Gasteiger partial charge is 0.416 e. The summed E-state index contributed by atoms with van der Waals surface area (Å²) in [5.74, 6) is -0.213. The molecule has 266 valence electrons. The van der Waals surface area contributed by atoms with Crippen LogP contribution in [0.25, 0.3) is 0 Å². The quantitative estimate of drug-likeness (QED) is 0.163. The highest BCUT2D eigenvalue weighted by molar-refractivity contribution is 5.42. The number of hydrogen-bond acceptors (Lipinski definition) is 6. The van der Waals surface area contributed by atoms with E-state index in [1.54, 1.807) is 0 Å². The van der Waals surface area contributed by atoms with Crippen molar-refractivity contribution in [2.45, 2.75) is 69.3 Å². The molecule has 0 spiro atoms. The zero-order valence-corrected chi connectivity index (χ0v) is 26.9. The van der Waals surface area contributed by atoms with Crippen LogP contribution in [0.1, 0.15) is 71.2 Å². The molecule has 5 rings (SSSR count). The SMILES string of the molecule is CCC(c1ccc(C(F)(F)F)cc1CN(Cc1cc(C(F)(F)F)cc(C(F)(F)F)c1)c1nnn(C)n1)N1CCC(C#N)(c2ccccc2)CC1. The van der Waals surface area contributed by atoms with Crippen LogP contribution >= 0.6 is 0 Å². The van der Waals surface area contributed by atoms with Gasteiger partial charge in [-0.2, -0.15) is 49.6 Å². The lowest BCUT2D eigenvalue weighted by atomic mass is 9.73. The van der Waals surface area contributed by atoms with Crippen LogP contribution in [-0.2, 0) is 44.1 Å². The van der Waals surface area contributed by atoms with Crippen LogP contribution in [0.15, 0.2) is 66.7 Å². The standard InChI is InChI=1S/C34H32F9N7/c1-3-29(49-13-11-31(21-44,12-14-49)24-7-5-4-6-8-24)28-10-9-25(32(35,36)37)17-23(28)20-50(30-45-47-48(2)46-30)19-22-15-26(33(38,39)40)18-27(16-22)34(41,42)43/h4-10,15-18,29H,3,11-14,19-20H2,1-2H3. The zero-order chi connectivity index (χ0) is 36.5. The van der Waals surface area contributed by atoms with Gasteiger partial charge in [0.05, 0.1) is 35.2 Å². The summed E-state index contributed by atoms with van der Waals surface area (Å²) in [5, 5.41) is 21.8. The predicted molar refractivity (Wildman–Crippen MR) is 164 cm³/mol. The first-order valence-corrected chi connectivity index (χ1v) is 15.6. The molecule has 1 unspecified atom stereocenters. The Kier molecular flexibility index (Phi) is 10.2. The molecule has 0 radical (unpaired) electrons. The van der Waals surface area contributed by atoms with Crippen LogP contribution in [0.5, 0.6) is 0 Å². The summed E-state index contributed by atoms with van der Waals surface area (Å²) in [6, 6.07) is 15.7. The monoisotopic (exact) mass is 709 g/mol. The second-order valence-electron chi connectivity index (χ2n) is 12.3. The van der Waals surface area contributed by atoms with E-state index >= 15 is 0 Å². The summed E-state index contributed by atoms with van der Waals surface area (Å²) in [6.07, 6.45) is -13.6. The lowest BCUT2D eigenvalue weighted by molar-refractivity contribution is -0.143. The van der Waals surface area contributed by atoms with Gasteiger partial charge in [-0.3, -0.25) is 4.90 Å². The van der Waals surface area contributed by atoms with Gasteiger partial charge in [0, 0.05) is 32.2 Å². The van der Waals surface area contributed by atoms with E-state index in [1.165, 1.54) is 18.0 Å². The summed E-state index contributed by atoms with van der Waals surface area (Å²) >= 11 is 0. The van der Waals surface area contributed by atoms with Crippen molar-refractivity contribution in [1.29, 1.82) is 5.26 Å². The molecular weight excluding hydrogens is 677 g/mol. The molecule has 16 heteroatoms. The molecule has 0 amide bonds. The van der Waals surface area contributed by atoms with Crippen molar-refractivity contribution in [2.75, 3.05) is 18.0 Å². The number of hydrogen-bond donors (Lipinski definition) is 0. The molecule has 1 aliphatic rings. The van der Waals surface area contributed by atoms with Gasteiger partial charge in [-0.25, -0.2) is 0 Å². The molecule has 3 aromatic carbocycles. The van der Waals surface area contributed by atoms with Crippen LogP contribution in [0.3, 0.4) is 0 Å². The van der Waals surface area contributed by atoms with Gasteiger partial charge in [0.1, 0.15) is 0 Å². The molecule has 2 heterocycles. The number of aromatic nitrogens is 4. The molecular formula is C34H32F9N7. The summed E-state index contributed by atoms with van der Waals surface area (Å²) < 4.78 is 124. The first kappa shape index (κ1) is 36.6. The molecule has 50 heavy (non-hydrogen) atoms. The van der Waals surface area contributed by atoms with Crippen molar-refractivity contribution >= 4 is 5.95 Å². The van der Waals surface area contributed by atoms with Gasteiger partial charge < -0.3 is 4.90 Å². The van der Waals surface area contributed by atoms with Gasteiger partial charge in [-0.05, 0) is 77.1 Å². The van der Waals surface area contributed by atoms with Gasteiger partial charge >= 0.3 is 18.5 Å². The topological polar surface area (TPSA) is 73.9 Å². The second-order valence-corrected chi connectivity index (χ2v) is 12.3. The summed E-state index contributed by atoms with van der Waals surface area (Å²) in [7, 11) is 1.39. The third kappa shape index (κ3) is 8.04. The molecule has 1 aromatic heterocycles. The molecule has 0 saturated carbocycles. The zero-order valence-electron chi connectivity index (χ0n) is 26.9. The number of anilines is 1. The highest BCUT2D eigenvalue weighted by Crippen LogP contribution is 2.41. The van der Waals surface area contributed by atoms with Crippen LogP contribution in [0.2, 0.25) is 0 Å². The van der Waals surface area contributed by atoms with E-state index in [9.17, 15) is 44.8 Å². The van der Waals surface area contributed by atoms with Crippen molar-refractivity contribution in [3.63, 3.8) is 0 Å². The number of benzene rings is 3. The fraction of sp³-hybridized carbons (Fsp3) is 0.412.